The van der Waals surface area contributed by atoms with Crippen LogP contribution in [0.5, 0.6) is 0 Å². The Morgan fingerprint density at radius 2 is 2.05 bits per heavy atom. The molecule has 5 heteroatoms. The first-order chi connectivity index (χ1) is 9.06. The highest BCUT2D eigenvalue weighted by Gasteiger charge is 2.08. The Hall–Kier alpha value is -2.17. The maximum absolute atomic E-state index is 10.9. The van der Waals surface area contributed by atoms with Crippen molar-refractivity contribution < 1.29 is 9.21 Å². The fourth-order valence-electron chi connectivity index (χ4n) is 1.67. The molecule has 0 saturated heterocycles. The summed E-state index contributed by atoms with van der Waals surface area (Å²) in [5.74, 6) is 2.47. The average Bonchev–Trinajstić information content (AvgIpc) is 2.83. The monoisotopic (exact) mass is 259 g/mol. The van der Waals surface area contributed by atoms with E-state index in [4.69, 9.17) is 4.42 Å². The van der Waals surface area contributed by atoms with Crippen LogP contribution in [-0.2, 0) is 4.79 Å². The zero-order valence-electron chi connectivity index (χ0n) is 11.4. The molecule has 0 amide bonds. The van der Waals surface area contributed by atoms with E-state index in [0.717, 1.165) is 11.6 Å². The van der Waals surface area contributed by atoms with Gasteiger partial charge in [-0.15, -0.1) is 10.2 Å². The van der Waals surface area contributed by atoms with E-state index in [1.54, 1.807) is 6.92 Å². The third-order valence-electron chi connectivity index (χ3n) is 2.83. The summed E-state index contributed by atoms with van der Waals surface area (Å²) < 4.78 is 5.49. The molecule has 0 saturated carbocycles. The van der Waals surface area contributed by atoms with E-state index in [0.29, 0.717) is 24.4 Å². The van der Waals surface area contributed by atoms with Crippen LogP contribution in [0.1, 0.15) is 19.1 Å². The maximum atomic E-state index is 10.9. The summed E-state index contributed by atoms with van der Waals surface area (Å²) in [5.41, 5.74) is 0.705. The number of rotatable bonds is 5. The number of carbonyl (C=O) groups is 1. The molecule has 0 bridgehead atoms. The summed E-state index contributed by atoms with van der Waals surface area (Å²) in [6.07, 6.45) is 0.511. The van der Waals surface area contributed by atoms with Crippen LogP contribution in [0.3, 0.4) is 0 Å². The molecule has 2 heterocycles. The minimum absolute atomic E-state index is 0.169. The van der Waals surface area contributed by atoms with Crippen LogP contribution in [0.15, 0.2) is 28.7 Å². The van der Waals surface area contributed by atoms with Crippen molar-refractivity contribution >= 4 is 11.6 Å². The number of ketones is 1. The predicted molar refractivity (Wildman–Crippen MR) is 73.0 cm³/mol. The van der Waals surface area contributed by atoms with Crippen molar-refractivity contribution in [3.8, 4) is 11.5 Å². The normalized spacial score (nSPS) is 10.5. The second kappa shape index (κ2) is 5.65. The largest absolute Gasteiger partial charge is 0.460 e. The third kappa shape index (κ3) is 3.40. The molecule has 5 nitrogen and oxygen atoms in total. The summed E-state index contributed by atoms with van der Waals surface area (Å²) in [5, 5.41) is 8.29. The summed E-state index contributed by atoms with van der Waals surface area (Å²) in [4.78, 5) is 12.9. The molecule has 2 aromatic rings. The van der Waals surface area contributed by atoms with Gasteiger partial charge in [0.05, 0.1) is 0 Å². The van der Waals surface area contributed by atoms with Crippen LogP contribution < -0.4 is 4.90 Å². The molecule has 0 aliphatic heterocycles. The molecule has 0 spiro atoms. The molecule has 0 atom stereocenters. The van der Waals surface area contributed by atoms with Crippen LogP contribution in [0.2, 0.25) is 0 Å². The fraction of sp³-hybridized carbons (Fsp3) is 0.357. The molecule has 0 aliphatic carbocycles. The zero-order valence-corrected chi connectivity index (χ0v) is 11.4. The van der Waals surface area contributed by atoms with E-state index in [9.17, 15) is 4.79 Å². The van der Waals surface area contributed by atoms with Crippen molar-refractivity contribution in [3.05, 3.63) is 30.0 Å². The van der Waals surface area contributed by atoms with Crippen LogP contribution in [-0.4, -0.2) is 29.6 Å². The first kappa shape index (κ1) is 13.3. The minimum atomic E-state index is 0.169. The molecular weight excluding hydrogens is 242 g/mol. The van der Waals surface area contributed by atoms with E-state index in [1.807, 2.05) is 43.1 Å². The van der Waals surface area contributed by atoms with Gasteiger partial charge < -0.3 is 9.32 Å². The Labute approximate surface area is 112 Å². The Kier molecular flexibility index (Phi) is 3.94. The second-order valence-corrected chi connectivity index (χ2v) is 4.56. The number of carbonyl (C=O) groups excluding carboxylic acids is 1. The first-order valence-corrected chi connectivity index (χ1v) is 6.17. The van der Waals surface area contributed by atoms with E-state index >= 15 is 0 Å². The van der Waals surface area contributed by atoms with Gasteiger partial charge in [-0.05, 0) is 38.1 Å². The lowest BCUT2D eigenvalue weighted by molar-refractivity contribution is -0.116. The van der Waals surface area contributed by atoms with Gasteiger partial charge in [-0.2, -0.15) is 0 Å². The van der Waals surface area contributed by atoms with Crippen LogP contribution in [0.25, 0.3) is 11.5 Å². The van der Waals surface area contributed by atoms with Crippen molar-refractivity contribution in [1.29, 1.82) is 0 Å². The number of Topliss-reactive ketones (excluding diaryl/α,β-unsaturated/α-hetero) is 1. The van der Waals surface area contributed by atoms with Gasteiger partial charge in [0.15, 0.2) is 11.6 Å². The van der Waals surface area contributed by atoms with E-state index in [1.165, 1.54) is 0 Å². The standard InChI is InChI=1S/C14H17N3O2/c1-10(18)8-9-17(3)14-7-5-12(15-16-14)13-6-4-11(2)19-13/h4-7H,8-9H2,1-3H3. The lowest BCUT2D eigenvalue weighted by atomic mass is 10.3. The van der Waals surface area contributed by atoms with Crippen molar-refractivity contribution in [2.75, 3.05) is 18.5 Å². The molecule has 2 rings (SSSR count). The van der Waals surface area contributed by atoms with Gasteiger partial charge in [-0.3, -0.25) is 4.79 Å². The molecule has 2 aromatic heterocycles. The zero-order chi connectivity index (χ0) is 13.8. The summed E-state index contributed by atoms with van der Waals surface area (Å²) in [7, 11) is 1.89. The molecule has 0 radical (unpaired) electrons. The summed E-state index contributed by atoms with van der Waals surface area (Å²) in [6.45, 7) is 4.12. The number of furan rings is 1. The Bertz CT molecular complexity index is 560. The number of anilines is 1. The molecular formula is C14H17N3O2. The molecule has 100 valence electrons. The van der Waals surface area contributed by atoms with E-state index in [2.05, 4.69) is 10.2 Å². The number of hydrogen-bond acceptors (Lipinski definition) is 5. The minimum Gasteiger partial charge on any atom is -0.460 e. The topological polar surface area (TPSA) is 59.2 Å². The highest BCUT2D eigenvalue weighted by atomic mass is 16.3. The molecule has 0 aromatic carbocycles. The summed E-state index contributed by atoms with van der Waals surface area (Å²) in [6, 6.07) is 7.51. The lowest BCUT2D eigenvalue weighted by Crippen LogP contribution is -2.21. The van der Waals surface area contributed by atoms with Gasteiger partial charge in [0.2, 0.25) is 0 Å². The fourth-order valence-corrected chi connectivity index (χ4v) is 1.67. The summed E-state index contributed by atoms with van der Waals surface area (Å²) >= 11 is 0. The van der Waals surface area contributed by atoms with Crippen LogP contribution >= 0.6 is 0 Å². The average molecular weight is 259 g/mol. The van der Waals surface area contributed by atoms with Gasteiger partial charge in [0, 0.05) is 20.0 Å². The highest BCUT2D eigenvalue weighted by molar-refractivity contribution is 5.76. The smallest absolute Gasteiger partial charge is 0.154 e. The van der Waals surface area contributed by atoms with Gasteiger partial charge in [0.25, 0.3) is 0 Å². The van der Waals surface area contributed by atoms with E-state index < -0.39 is 0 Å². The molecule has 0 fully saturated rings. The Balaban J connectivity index is 2.07. The van der Waals surface area contributed by atoms with Crippen molar-refractivity contribution in [1.82, 2.24) is 10.2 Å². The second-order valence-electron chi connectivity index (χ2n) is 4.56. The molecule has 19 heavy (non-hydrogen) atoms. The lowest BCUT2D eigenvalue weighted by Gasteiger charge is -2.16. The number of nitrogens with zero attached hydrogens (tertiary/aromatic N) is 3. The van der Waals surface area contributed by atoms with Gasteiger partial charge in [-0.1, -0.05) is 0 Å². The maximum Gasteiger partial charge on any atom is 0.154 e. The predicted octanol–water partition coefficient (Wildman–Crippen LogP) is 2.46. The van der Waals surface area contributed by atoms with E-state index in [-0.39, 0.29) is 5.78 Å². The van der Waals surface area contributed by atoms with Crippen molar-refractivity contribution in [3.63, 3.8) is 0 Å². The Morgan fingerprint density at radius 1 is 1.26 bits per heavy atom. The number of aryl methyl sites for hydroxylation is 1. The van der Waals surface area contributed by atoms with Crippen molar-refractivity contribution in [2.24, 2.45) is 0 Å². The number of aromatic nitrogens is 2. The van der Waals surface area contributed by atoms with Gasteiger partial charge >= 0.3 is 0 Å². The van der Waals surface area contributed by atoms with Gasteiger partial charge in [0.1, 0.15) is 17.2 Å². The molecule has 0 unspecified atom stereocenters. The molecule has 0 N–H and O–H groups in total. The Morgan fingerprint density at radius 3 is 2.58 bits per heavy atom. The third-order valence-corrected chi connectivity index (χ3v) is 2.83. The van der Waals surface area contributed by atoms with Crippen LogP contribution in [0.4, 0.5) is 5.82 Å². The number of hydrogen-bond donors (Lipinski definition) is 0. The van der Waals surface area contributed by atoms with Gasteiger partial charge in [-0.25, -0.2) is 0 Å². The SMILES string of the molecule is CC(=O)CCN(C)c1ccc(-c2ccc(C)o2)nn1. The van der Waals surface area contributed by atoms with Crippen molar-refractivity contribution in [2.45, 2.75) is 20.3 Å². The van der Waals surface area contributed by atoms with Crippen LogP contribution in [0, 0.1) is 6.92 Å². The highest BCUT2D eigenvalue weighted by Crippen LogP contribution is 2.20. The quantitative estimate of drug-likeness (QED) is 0.825. The first-order valence-electron chi connectivity index (χ1n) is 6.17. The molecule has 0 aliphatic rings.